The zero-order valence-electron chi connectivity index (χ0n) is 14.4. The summed E-state index contributed by atoms with van der Waals surface area (Å²) in [5.41, 5.74) is 0.149. The van der Waals surface area contributed by atoms with Crippen LogP contribution in [0.4, 0.5) is 0 Å². The number of hydrogen-bond acceptors (Lipinski definition) is 2. The number of nitrogens with zero attached hydrogens (tertiary/aromatic N) is 2. The molecule has 2 aliphatic rings. The molecule has 4 nitrogen and oxygen atoms in total. The van der Waals surface area contributed by atoms with E-state index < -0.39 is 0 Å². The second-order valence-electron chi connectivity index (χ2n) is 7.53. The van der Waals surface area contributed by atoms with Gasteiger partial charge in [-0.3, -0.25) is 9.89 Å². The van der Waals surface area contributed by atoms with Gasteiger partial charge in [-0.2, -0.15) is 0 Å². The molecule has 0 spiro atoms. The monoisotopic (exact) mass is 294 g/mol. The summed E-state index contributed by atoms with van der Waals surface area (Å²) in [6, 6.07) is 0. The van der Waals surface area contributed by atoms with Gasteiger partial charge in [-0.15, -0.1) is 0 Å². The molecule has 0 radical (unpaired) electrons. The second kappa shape index (κ2) is 7.48. The zero-order chi connectivity index (χ0) is 15.3. The molecular formula is C17H34N4. The highest BCUT2D eigenvalue weighted by molar-refractivity contribution is 5.79. The summed E-state index contributed by atoms with van der Waals surface area (Å²) in [5.74, 6) is 2.69. The summed E-state index contributed by atoms with van der Waals surface area (Å²) >= 11 is 0. The molecule has 1 saturated carbocycles. The van der Waals surface area contributed by atoms with Crippen LogP contribution in [-0.2, 0) is 0 Å². The third-order valence-corrected chi connectivity index (χ3v) is 4.74. The molecule has 2 N–H and O–H groups in total. The minimum atomic E-state index is 0.149. The Morgan fingerprint density at radius 2 is 2.00 bits per heavy atom. The Hall–Kier alpha value is -0.770. The highest BCUT2D eigenvalue weighted by Crippen LogP contribution is 2.27. The first-order chi connectivity index (χ1) is 10.0. The molecule has 0 amide bonds. The van der Waals surface area contributed by atoms with Crippen molar-refractivity contribution < 1.29 is 0 Å². The summed E-state index contributed by atoms with van der Waals surface area (Å²) in [4.78, 5) is 7.46. The molecule has 2 fully saturated rings. The summed E-state index contributed by atoms with van der Waals surface area (Å²) in [5, 5.41) is 6.86. The number of piperidine rings is 1. The van der Waals surface area contributed by atoms with Crippen LogP contribution in [0.2, 0.25) is 0 Å². The van der Waals surface area contributed by atoms with Gasteiger partial charge in [0.25, 0.3) is 0 Å². The van der Waals surface area contributed by atoms with Gasteiger partial charge in [0.1, 0.15) is 0 Å². The Labute approximate surface area is 130 Å². The fourth-order valence-corrected chi connectivity index (χ4v) is 3.02. The lowest BCUT2D eigenvalue weighted by molar-refractivity contribution is 0.0774. The summed E-state index contributed by atoms with van der Waals surface area (Å²) in [6.45, 7) is 14.5. The van der Waals surface area contributed by atoms with Crippen molar-refractivity contribution in [1.29, 1.82) is 0 Å². The Balaban J connectivity index is 1.87. The summed E-state index contributed by atoms with van der Waals surface area (Å²) in [6.07, 6.45) is 5.46. The van der Waals surface area contributed by atoms with Crippen LogP contribution in [-0.4, -0.2) is 49.1 Å². The first-order valence-electron chi connectivity index (χ1n) is 8.78. The average molecular weight is 294 g/mol. The molecule has 0 aromatic carbocycles. The van der Waals surface area contributed by atoms with Crippen molar-refractivity contribution in [1.82, 2.24) is 15.5 Å². The first-order valence-corrected chi connectivity index (χ1v) is 8.78. The Bertz CT molecular complexity index is 347. The van der Waals surface area contributed by atoms with Gasteiger partial charge in [0, 0.05) is 25.2 Å². The van der Waals surface area contributed by atoms with Gasteiger partial charge in [0.2, 0.25) is 0 Å². The van der Waals surface area contributed by atoms with Gasteiger partial charge >= 0.3 is 0 Å². The largest absolute Gasteiger partial charge is 0.357 e. The summed E-state index contributed by atoms with van der Waals surface area (Å²) < 4.78 is 0. The van der Waals surface area contributed by atoms with Crippen molar-refractivity contribution >= 4 is 5.96 Å². The van der Waals surface area contributed by atoms with Gasteiger partial charge in [0.15, 0.2) is 5.96 Å². The maximum Gasteiger partial charge on any atom is 0.191 e. The summed E-state index contributed by atoms with van der Waals surface area (Å²) in [7, 11) is 0. The number of likely N-dealkylation sites (tertiary alicyclic amines) is 1. The molecular weight excluding hydrogens is 260 g/mol. The molecule has 122 valence electrons. The predicted octanol–water partition coefficient (Wildman–Crippen LogP) is 2.46. The van der Waals surface area contributed by atoms with E-state index in [2.05, 4.69) is 43.2 Å². The molecule has 4 heteroatoms. The third kappa shape index (κ3) is 5.50. The maximum atomic E-state index is 4.84. The lowest BCUT2D eigenvalue weighted by Gasteiger charge is -2.42. The fraction of sp³-hybridized carbons (Fsp3) is 0.941. The zero-order valence-corrected chi connectivity index (χ0v) is 14.4. The van der Waals surface area contributed by atoms with Crippen LogP contribution in [0.15, 0.2) is 4.99 Å². The van der Waals surface area contributed by atoms with Gasteiger partial charge < -0.3 is 10.6 Å². The van der Waals surface area contributed by atoms with Crippen molar-refractivity contribution in [3.8, 4) is 0 Å². The van der Waals surface area contributed by atoms with E-state index in [0.717, 1.165) is 37.4 Å². The minimum absolute atomic E-state index is 0.149. The van der Waals surface area contributed by atoms with Gasteiger partial charge in [-0.25, -0.2) is 0 Å². The number of rotatable bonds is 6. The normalized spacial score (nSPS) is 25.0. The van der Waals surface area contributed by atoms with Crippen molar-refractivity contribution in [3.05, 3.63) is 0 Å². The van der Waals surface area contributed by atoms with Crippen molar-refractivity contribution in [2.45, 2.75) is 58.9 Å². The SMILES string of the molecule is CCNC(=NCC(C)(C)N1CCCC(C)C1)NCC1CC1. The molecule has 1 unspecified atom stereocenters. The highest BCUT2D eigenvalue weighted by Gasteiger charge is 2.30. The molecule has 1 heterocycles. The second-order valence-corrected chi connectivity index (χ2v) is 7.53. The minimum Gasteiger partial charge on any atom is -0.357 e. The maximum absolute atomic E-state index is 4.84. The van der Waals surface area contributed by atoms with Gasteiger partial charge in [-0.05, 0) is 64.8 Å². The first kappa shape index (κ1) is 16.6. The average Bonchev–Trinajstić information content (AvgIpc) is 3.26. The molecule has 2 rings (SSSR count). The molecule has 0 bridgehead atoms. The Morgan fingerprint density at radius 1 is 1.24 bits per heavy atom. The third-order valence-electron chi connectivity index (χ3n) is 4.74. The lowest BCUT2D eigenvalue weighted by atomic mass is 9.94. The smallest absolute Gasteiger partial charge is 0.191 e. The van der Waals surface area contributed by atoms with E-state index in [1.165, 1.54) is 38.8 Å². The van der Waals surface area contributed by atoms with Crippen molar-refractivity contribution in [2.24, 2.45) is 16.8 Å². The topological polar surface area (TPSA) is 39.7 Å². The van der Waals surface area contributed by atoms with Crippen molar-refractivity contribution in [2.75, 3.05) is 32.7 Å². The van der Waals surface area contributed by atoms with Gasteiger partial charge in [0.05, 0.1) is 6.54 Å². The molecule has 21 heavy (non-hydrogen) atoms. The molecule has 1 saturated heterocycles. The molecule has 0 aromatic rings. The molecule has 0 aromatic heterocycles. The number of aliphatic imine (C=N–C) groups is 1. The Morgan fingerprint density at radius 3 is 2.62 bits per heavy atom. The number of nitrogens with one attached hydrogen (secondary N) is 2. The van der Waals surface area contributed by atoms with E-state index in [-0.39, 0.29) is 5.54 Å². The van der Waals surface area contributed by atoms with Crippen molar-refractivity contribution in [3.63, 3.8) is 0 Å². The van der Waals surface area contributed by atoms with Crippen LogP contribution in [0.1, 0.15) is 53.4 Å². The number of guanidine groups is 1. The van der Waals surface area contributed by atoms with E-state index >= 15 is 0 Å². The van der Waals surface area contributed by atoms with Crippen LogP contribution < -0.4 is 10.6 Å². The molecule has 1 aliphatic heterocycles. The number of hydrogen-bond donors (Lipinski definition) is 2. The lowest BCUT2D eigenvalue weighted by Crippen LogP contribution is -2.51. The van der Waals surface area contributed by atoms with E-state index in [1.54, 1.807) is 0 Å². The fourth-order valence-electron chi connectivity index (χ4n) is 3.02. The van der Waals surface area contributed by atoms with Crippen LogP contribution in [0.5, 0.6) is 0 Å². The molecule has 1 aliphatic carbocycles. The quantitative estimate of drug-likeness (QED) is 0.584. The van der Waals surface area contributed by atoms with E-state index in [1.807, 2.05) is 0 Å². The van der Waals surface area contributed by atoms with Gasteiger partial charge in [-0.1, -0.05) is 6.92 Å². The standard InChI is InChI=1S/C17H34N4/c1-5-18-16(19-11-15-8-9-15)20-13-17(3,4)21-10-6-7-14(2)12-21/h14-15H,5-13H2,1-4H3,(H2,18,19,20). The van der Waals surface area contributed by atoms with Crippen LogP contribution in [0.3, 0.4) is 0 Å². The van der Waals surface area contributed by atoms with E-state index in [9.17, 15) is 0 Å². The van der Waals surface area contributed by atoms with E-state index in [0.29, 0.717) is 0 Å². The van der Waals surface area contributed by atoms with Crippen LogP contribution in [0, 0.1) is 11.8 Å². The molecule has 1 atom stereocenters. The highest BCUT2D eigenvalue weighted by atomic mass is 15.2. The Kier molecular flexibility index (Phi) is 5.91. The van der Waals surface area contributed by atoms with Crippen LogP contribution >= 0.6 is 0 Å². The predicted molar refractivity (Wildman–Crippen MR) is 90.8 cm³/mol. The van der Waals surface area contributed by atoms with E-state index in [4.69, 9.17) is 4.99 Å². The van der Waals surface area contributed by atoms with Crippen LogP contribution in [0.25, 0.3) is 0 Å².